The van der Waals surface area contributed by atoms with Gasteiger partial charge in [0.1, 0.15) is 10.0 Å². The highest BCUT2D eigenvalue weighted by Crippen LogP contribution is 2.28. The van der Waals surface area contributed by atoms with Crippen LogP contribution in [0.25, 0.3) is 0 Å². The summed E-state index contributed by atoms with van der Waals surface area (Å²) < 4.78 is 64.9. The standard InChI is InChI=1S/C21H18ClFN4O7S3/c1-27(20(29)14-10-13(36(2,31)32)4-5-16(14)24-11-28)17-6-3-12(9-15(17)23)25-21(30)26-37(33,34)19-8-7-18(22)35-19/h3-11H,1-2H3,(H,24,28)(H2,25,26,30). The minimum atomic E-state index is -4.20. The summed E-state index contributed by atoms with van der Waals surface area (Å²) in [6.45, 7) is 0. The summed E-state index contributed by atoms with van der Waals surface area (Å²) in [6, 6.07) is 8.10. The van der Waals surface area contributed by atoms with E-state index in [0.29, 0.717) is 6.41 Å². The van der Waals surface area contributed by atoms with E-state index >= 15 is 0 Å². The summed E-state index contributed by atoms with van der Waals surface area (Å²) in [4.78, 5) is 36.8. The molecule has 0 atom stereocenters. The second kappa shape index (κ2) is 10.8. The van der Waals surface area contributed by atoms with Gasteiger partial charge in [-0.05, 0) is 48.5 Å². The van der Waals surface area contributed by atoms with E-state index in [1.54, 1.807) is 4.72 Å². The van der Waals surface area contributed by atoms with Crippen LogP contribution in [0.3, 0.4) is 0 Å². The number of hydrogen-bond acceptors (Lipinski definition) is 8. The minimum Gasteiger partial charge on any atom is -0.328 e. The maximum Gasteiger partial charge on any atom is 0.333 e. The van der Waals surface area contributed by atoms with Crippen molar-refractivity contribution < 1.29 is 35.6 Å². The van der Waals surface area contributed by atoms with Crippen molar-refractivity contribution in [1.82, 2.24) is 4.72 Å². The van der Waals surface area contributed by atoms with Crippen LogP contribution in [0.15, 0.2) is 57.6 Å². The molecule has 0 fully saturated rings. The lowest BCUT2D eigenvalue weighted by molar-refractivity contribution is -0.105. The maximum atomic E-state index is 14.9. The molecule has 2 aromatic carbocycles. The Kier molecular flexibility index (Phi) is 8.22. The molecule has 0 spiro atoms. The van der Waals surface area contributed by atoms with E-state index in [9.17, 15) is 35.6 Å². The molecule has 0 unspecified atom stereocenters. The zero-order valence-corrected chi connectivity index (χ0v) is 22.2. The molecule has 0 saturated heterocycles. The van der Waals surface area contributed by atoms with Gasteiger partial charge in [-0.3, -0.25) is 9.59 Å². The summed E-state index contributed by atoms with van der Waals surface area (Å²) in [5.74, 6) is -1.81. The van der Waals surface area contributed by atoms with Crippen LogP contribution >= 0.6 is 22.9 Å². The number of sulfonamides is 1. The van der Waals surface area contributed by atoms with Crippen molar-refractivity contribution in [1.29, 1.82) is 0 Å². The molecule has 0 aliphatic rings. The first-order valence-corrected chi connectivity index (χ1v) is 14.5. The number of carbonyl (C=O) groups excluding carboxylic acids is 3. The molecule has 0 bridgehead atoms. The van der Waals surface area contributed by atoms with Gasteiger partial charge in [0.2, 0.25) is 6.41 Å². The lowest BCUT2D eigenvalue weighted by Crippen LogP contribution is -2.34. The van der Waals surface area contributed by atoms with Crippen molar-refractivity contribution in [2.24, 2.45) is 0 Å². The molecule has 11 nitrogen and oxygen atoms in total. The number of urea groups is 1. The van der Waals surface area contributed by atoms with Gasteiger partial charge in [0, 0.05) is 19.0 Å². The van der Waals surface area contributed by atoms with Crippen molar-refractivity contribution in [3.8, 4) is 0 Å². The first-order chi connectivity index (χ1) is 17.2. The first-order valence-electron chi connectivity index (χ1n) is 9.94. The molecule has 0 saturated carbocycles. The predicted octanol–water partition coefficient (Wildman–Crippen LogP) is 3.30. The third-order valence-corrected chi connectivity index (χ3v) is 8.94. The summed E-state index contributed by atoms with van der Waals surface area (Å²) >= 11 is 6.45. The Labute approximate surface area is 220 Å². The fourth-order valence-corrected chi connectivity index (χ4v) is 6.08. The quantitative estimate of drug-likeness (QED) is 0.340. The third-order valence-electron chi connectivity index (χ3n) is 4.78. The molecule has 196 valence electrons. The van der Waals surface area contributed by atoms with E-state index in [4.69, 9.17) is 11.6 Å². The number of anilines is 3. The van der Waals surface area contributed by atoms with E-state index < -0.39 is 37.6 Å². The number of thiophene rings is 1. The number of benzene rings is 2. The van der Waals surface area contributed by atoms with Gasteiger partial charge in [-0.1, -0.05) is 11.6 Å². The first kappa shape index (κ1) is 28.0. The van der Waals surface area contributed by atoms with Gasteiger partial charge >= 0.3 is 6.03 Å². The van der Waals surface area contributed by atoms with Gasteiger partial charge in [-0.15, -0.1) is 11.3 Å². The number of sulfone groups is 1. The highest BCUT2D eigenvalue weighted by Gasteiger charge is 2.23. The number of rotatable bonds is 8. The highest BCUT2D eigenvalue weighted by atomic mass is 35.5. The lowest BCUT2D eigenvalue weighted by atomic mass is 10.1. The zero-order valence-electron chi connectivity index (χ0n) is 19.0. The number of carbonyl (C=O) groups is 3. The molecular formula is C21H18ClFN4O7S3. The minimum absolute atomic E-state index is 0.00264. The topological polar surface area (TPSA) is 159 Å². The Morgan fingerprint density at radius 2 is 1.76 bits per heavy atom. The summed E-state index contributed by atoms with van der Waals surface area (Å²) in [5.41, 5.74) is -0.583. The van der Waals surface area contributed by atoms with E-state index in [1.165, 1.54) is 37.4 Å². The summed E-state index contributed by atoms with van der Waals surface area (Å²) in [5, 5.41) is 4.47. The van der Waals surface area contributed by atoms with Crippen molar-refractivity contribution in [2.75, 3.05) is 28.8 Å². The van der Waals surface area contributed by atoms with Crippen LogP contribution in [0.2, 0.25) is 4.34 Å². The van der Waals surface area contributed by atoms with Crippen molar-refractivity contribution >= 4 is 78.2 Å². The molecule has 3 aromatic rings. The van der Waals surface area contributed by atoms with Crippen molar-refractivity contribution in [2.45, 2.75) is 9.10 Å². The third kappa shape index (κ3) is 6.62. The Morgan fingerprint density at radius 3 is 2.32 bits per heavy atom. The Balaban J connectivity index is 1.82. The van der Waals surface area contributed by atoms with E-state index in [0.717, 1.165) is 40.7 Å². The van der Waals surface area contributed by atoms with Crippen LogP contribution in [-0.4, -0.2) is 48.5 Å². The molecule has 1 aromatic heterocycles. The largest absolute Gasteiger partial charge is 0.333 e. The van der Waals surface area contributed by atoms with Crippen LogP contribution in [0.4, 0.5) is 26.2 Å². The Morgan fingerprint density at radius 1 is 1.05 bits per heavy atom. The molecule has 0 radical (unpaired) electrons. The smallest absolute Gasteiger partial charge is 0.328 e. The van der Waals surface area contributed by atoms with Crippen LogP contribution in [0.5, 0.6) is 0 Å². The Bertz CT molecular complexity index is 1610. The molecule has 3 N–H and O–H groups in total. The highest BCUT2D eigenvalue weighted by molar-refractivity contribution is 7.92. The van der Waals surface area contributed by atoms with Gasteiger partial charge in [0.05, 0.1) is 26.2 Å². The molecule has 16 heteroatoms. The monoisotopic (exact) mass is 588 g/mol. The van der Waals surface area contributed by atoms with Gasteiger partial charge in [-0.2, -0.15) is 0 Å². The molecule has 0 aliphatic heterocycles. The fourth-order valence-electron chi connectivity index (χ4n) is 3.04. The van der Waals surface area contributed by atoms with Gasteiger partial charge < -0.3 is 15.5 Å². The van der Waals surface area contributed by atoms with Crippen LogP contribution in [0.1, 0.15) is 10.4 Å². The molecule has 0 aliphatic carbocycles. The van der Waals surface area contributed by atoms with Gasteiger partial charge in [0.25, 0.3) is 15.9 Å². The second-order valence-electron chi connectivity index (χ2n) is 7.39. The predicted molar refractivity (Wildman–Crippen MR) is 137 cm³/mol. The molecule has 4 amide bonds. The van der Waals surface area contributed by atoms with Crippen molar-refractivity contribution in [3.05, 3.63) is 64.2 Å². The van der Waals surface area contributed by atoms with Crippen molar-refractivity contribution in [3.63, 3.8) is 0 Å². The molecular weight excluding hydrogens is 571 g/mol. The van der Waals surface area contributed by atoms with Crippen LogP contribution < -0.4 is 20.3 Å². The van der Waals surface area contributed by atoms with Gasteiger partial charge in [-0.25, -0.2) is 30.7 Å². The number of hydrogen-bond donors (Lipinski definition) is 3. The molecule has 1 heterocycles. The lowest BCUT2D eigenvalue weighted by Gasteiger charge is -2.20. The van der Waals surface area contributed by atoms with Crippen LogP contribution in [-0.2, 0) is 24.7 Å². The van der Waals surface area contributed by atoms with Crippen LogP contribution in [0, 0.1) is 5.82 Å². The number of nitrogens with one attached hydrogen (secondary N) is 3. The second-order valence-corrected chi connectivity index (χ2v) is 13.0. The summed E-state index contributed by atoms with van der Waals surface area (Å²) in [6.07, 6.45) is 1.24. The molecule has 3 rings (SSSR count). The average Bonchev–Trinajstić information content (AvgIpc) is 3.25. The SMILES string of the molecule is CN(C(=O)c1cc(S(C)(=O)=O)ccc1NC=O)c1ccc(NC(=O)NS(=O)(=O)c2ccc(Cl)s2)cc1F. The zero-order chi connectivity index (χ0) is 27.5. The van der Waals surface area contributed by atoms with E-state index in [2.05, 4.69) is 10.6 Å². The number of halogens is 2. The van der Waals surface area contributed by atoms with E-state index in [1.807, 2.05) is 0 Å². The van der Waals surface area contributed by atoms with E-state index in [-0.39, 0.29) is 36.1 Å². The number of nitrogens with zero attached hydrogens (tertiary/aromatic N) is 1. The molecule has 37 heavy (non-hydrogen) atoms. The Hall–Kier alpha value is -3.53. The van der Waals surface area contributed by atoms with Gasteiger partial charge in [0.15, 0.2) is 9.84 Å². The normalized spacial score (nSPS) is 11.5. The maximum absolute atomic E-state index is 14.9. The fraction of sp³-hybridized carbons (Fsp3) is 0.0952. The average molecular weight is 589 g/mol. The summed E-state index contributed by atoms with van der Waals surface area (Å²) in [7, 11) is -6.68. The number of amides is 4.